The molecule has 1 fully saturated rings. The number of anilines is 1. The van der Waals surface area contributed by atoms with E-state index in [2.05, 4.69) is 0 Å². The minimum absolute atomic E-state index is 0.0155. The summed E-state index contributed by atoms with van der Waals surface area (Å²) in [7, 11) is 0. The first kappa shape index (κ1) is 10.2. The molecule has 0 N–H and O–H groups in total. The van der Waals surface area contributed by atoms with Crippen LogP contribution in [-0.2, 0) is 9.59 Å². The molecule has 4 heteroatoms. The summed E-state index contributed by atoms with van der Waals surface area (Å²) in [6, 6.07) is 5.31. The average Bonchev–Trinajstić information content (AvgIpc) is 2.50. The fourth-order valence-electron chi connectivity index (χ4n) is 1.62. The highest BCUT2D eigenvalue weighted by Gasteiger charge is 2.28. The first-order valence-corrected chi connectivity index (χ1v) is 5.04. The number of carbonyl (C=O) groups is 2. The van der Waals surface area contributed by atoms with Gasteiger partial charge in [0, 0.05) is 10.7 Å². The van der Waals surface area contributed by atoms with Gasteiger partial charge in [-0.05, 0) is 30.7 Å². The summed E-state index contributed by atoms with van der Waals surface area (Å²) in [6.07, 6.45) is 0.0155. The van der Waals surface area contributed by atoms with Crippen LogP contribution in [0.4, 0.5) is 5.69 Å². The molecule has 0 aliphatic carbocycles. The molecule has 0 spiro atoms. The van der Waals surface area contributed by atoms with Gasteiger partial charge in [0.25, 0.3) is 0 Å². The van der Waals surface area contributed by atoms with Crippen LogP contribution in [0.3, 0.4) is 0 Å². The predicted octanol–water partition coefficient (Wildman–Crippen LogP) is 1.95. The van der Waals surface area contributed by atoms with Crippen LogP contribution >= 0.6 is 11.6 Å². The lowest BCUT2D eigenvalue weighted by Crippen LogP contribution is -2.24. The summed E-state index contributed by atoms with van der Waals surface area (Å²) >= 11 is 5.88. The quantitative estimate of drug-likeness (QED) is 0.683. The van der Waals surface area contributed by atoms with Crippen molar-refractivity contribution in [3.8, 4) is 0 Å². The standard InChI is InChI=1S/C11H10ClNO2/c1-7-4-8(2-3-10(7)12)13-6-9(14)5-11(13)15/h2-4H,5-6H2,1H3. The number of aryl methyl sites for hydroxylation is 1. The Labute approximate surface area is 92.6 Å². The van der Waals surface area contributed by atoms with Crippen molar-refractivity contribution in [3.05, 3.63) is 28.8 Å². The van der Waals surface area contributed by atoms with E-state index in [-0.39, 0.29) is 24.7 Å². The summed E-state index contributed by atoms with van der Waals surface area (Å²) in [5.41, 5.74) is 1.65. The highest BCUT2D eigenvalue weighted by atomic mass is 35.5. The number of carbonyl (C=O) groups excluding carboxylic acids is 2. The second kappa shape index (κ2) is 3.66. The molecule has 1 aliphatic heterocycles. The van der Waals surface area contributed by atoms with Gasteiger partial charge in [0.15, 0.2) is 5.78 Å². The summed E-state index contributed by atoms with van der Waals surface area (Å²) in [6.45, 7) is 2.05. The van der Waals surface area contributed by atoms with Crippen molar-refractivity contribution >= 4 is 29.0 Å². The van der Waals surface area contributed by atoms with Crippen molar-refractivity contribution in [2.75, 3.05) is 11.4 Å². The molecule has 1 saturated heterocycles. The third kappa shape index (κ3) is 1.88. The number of amides is 1. The molecular weight excluding hydrogens is 214 g/mol. The van der Waals surface area contributed by atoms with Crippen LogP contribution in [0.25, 0.3) is 0 Å². The van der Waals surface area contributed by atoms with Crippen molar-refractivity contribution in [1.29, 1.82) is 0 Å². The molecule has 0 radical (unpaired) electrons. The van der Waals surface area contributed by atoms with E-state index in [1.54, 1.807) is 12.1 Å². The van der Waals surface area contributed by atoms with E-state index >= 15 is 0 Å². The normalized spacial score (nSPS) is 16.3. The van der Waals surface area contributed by atoms with Gasteiger partial charge < -0.3 is 4.90 Å². The highest BCUT2D eigenvalue weighted by Crippen LogP contribution is 2.24. The Hall–Kier alpha value is -1.35. The van der Waals surface area contributed by atoms with Crippen LogP contribution < -0.4 is 4.90 Å². The maximum atomic E-state index is 11.5. The van der Waals surface area contributed by atoms with Crippen molar-refractivity contribution in [3.63, 3.8) is 0 Å². The van der Waals surface area contributed by atoms with Crippen LogP contribution in [0.5, 0.6) is 0 Å². The Balaban J connectivity index is 2.34. The molecule has 78 valence electrons. The number of Topliss-reactive ketones (excluding diaryl/α,β-unsaturated/α-hetero) is 1. The van der Waals surface area contributed by atoms with Crippen LogP contribution in [0, 0.1) is 6.92 Å². The van der Waals surface area contributed by atoms with E-state index in [1.807, 2.05) is 13.0 Å². The molecule has 1 aromatic rings. The third-order valence-corrected chi connectivity index (χ3v) is 2.86. The fraction of sp³-hybridized carbons (Fsp3) is 0.273. The van der Waals surface area contributed by atoms with Gasteiger partial charge in [0.2, 0.25) is 5.91 Å². The zero-order valence-electron chi connectivity index (χ0n) is 8.29. The first-order valence-electron chi connectivity index (χ1n) is 4.66. The van der Waals surface area contributed by atoms with E-state index < -0.39 is 0 Å². The summed E-state index contributed by atoms with van der Waals surface area (Å²) in [5.74, 6) is -0.172. The van der Waals surface area contributed by atoms with Gasteiger partial charge in [-0.3, -0.25) is 9.59 Å². The largest absolute Gasteiger partial charge is 0.305 e. The molecule has 0 atom stereocenters. The van der Waals surface area contributed by atoms with Gasteiger partial charge in [0.1, 0.15) is 0 Å². The number of rotatable bonds is 1. The van der Waals surface area contributed by atoms with Crippen LogP contribution in [0.15, 0.2) is 18.2 Å². The molecule has 3 nitrogen and oxygen atoms in total. The van der Waals surface area contributed by atoms with Crippen molar-refractivity contribution in [1.82, 2.24) is 0 Å². The molecule has 0 unspecified atom stereocenters. The Morgan fingerprint density at radius 2 is 2.07 bits per heavy atom. The molecule has 0 bridgehead atoms. The van der Waals surface area contributed by atoms with Gasteiger partial charge in [-0.25, -0.2) is 0 Å². The second-order valence-corrected chi connectivity index (χ2v) is 4.04. The van der Waals surface area contributed by atoms with E-state index in [4.69, 9.17) is 11.6 Å². The topological polar surface area (TPSA) is 37.4 Å². The lowest BCUT2D eigenvalue weighted by atomic mass is 10.2. The highest BCUT2D eigenvalue weighted by molar-refractivity contribution is 6.31. The molecular formula is C11H10ClNO2. The lowest BCUT2D eigenvalue weighted by Gasteiger charge is -2.15. The number of hydrogen-bond donors (Lipinski definition) is 0. The van der Waals surface area contributed by atoms with Gasteiger partial charge in [-0.2, -0.15) is 0 Å². The maximum absolute atomic E-state index is 11.5. The summed E-state index contributed by atoms with van der Waals surface area (Å²) < 4.78 is 0. The van der Waals surface area contributed by atoms with Crippen LogP contribution in [0.1, 0.15) is 12.0 Å². The monoisotopic (exact) mass is 223 g/mol. The zero-order valence-corrected chi connectivity index (χ0v) is 9.04. The fourth-order valence-corrected chi connectivity index (χ4v) is 1.73. The molecule has 15 heavy (non-hydrogen) atoms. The molecule has 2 rings (SSSR count). The summed E-state index contributed by atoms with van der Waals surface area (Å²) in [5, 5.41) is 0.664. The Kier molecular flexibility index (Phi) is 2.49. The third-order valence-electron chi connectivity index (χ3n) is 2.44. The number of ketones is 1. The van der Waals surface area contributed by atoms with Crippen molar-refractivity contribution in [2.45, 2.75) is 13.3 Å². The molecule has 1 amide bonds. The van der Waals surface area contributed by atoms with Gasteiger partial charge in [0.05, 0.1) is 13.0 Å². The maximum Gasteiger partial charge on any atom is 0.234 e. The van der Waals surface area contributed by atoms with Gasteiger partial charge in [-0.15, -0.1) is 0 Å². The van der Waals surface area contributed by atoms with E-state index in [9.17, 15) is 9.59 Å². The Bertz CT molecular complexity index is 442. The molecule has 0 aromatic heterocycles. The smallest absolute Gasteiger partial charge is 0.234 e. The minimum atomic E-state index is -0.137. The SMILES string of the molecule is Cc1cc(N2CC(=O)CC2=O)ccc1Cl. The van der Waals surface area contributed by atoms with Gasteiger partial charge in [-0.1, -0.05) is 11.6 Å². The zero-order chi connectivity index (χ0) is 11.0. The van der Waals surface area contributed by atoms with Crippen LogP contribution in [-0.4, -0.2) is 18.2 Å². The number of nitrogens with zero attached hydrogens (tertiary/aromatic N) is 1. The minimum Gasteiger partial charge on any atom is -0.305 e. The van der Waals surface area contributed by atoms with Gasteiger partial charge >= 0.3 is 0 Å². The van der Waals surface area contributed by atoms with Crippen LogP contribution in [0.2, 0.25) is 5.02 Å². The Morgan fingerprint density at radius 3 is 2.60 bits per heavy atom. The second-order valence-electron chi connectivity index (χ2n) is 3.63. The molecule has 1 heterocycles. The predicted molar refractivity (Wildman–Crippen MR) is 58.2 cm³/mol. The average molecular weight is 224 g/mol. The lowest BCUT2D eigenvalue weighted by molar-refractivity contribution is -0.121. The Morgan fingerprint density at radius 1 is 1.33 bits per heavy atom. The molecule has 1 aliphatic rings. The van der Waals surface area contributed by atoms with E-state index in [1.165, 1.54) is 4.90 Å². The van der Waals surface area contributed by atoms with E-state index in [0.29, 0.717) is 5.02 Å². The number of hydrogen-bond acceptors (Lipinski definition) is 2. The first-order chi connectivity index (χ1) is 7.08. The summed E-state index contributed by atoms with van der Waals surface area (Å²) in [4.78, 5) is 24.0. The van der Waals surface area contributed by atoms with Crippen molar-refractivity contribution in [2.24, 2.45) is 0 Å². The number of halogens is 1. The molecule has 1 aromatic carbocycles. The molecule has 0 saturated carbocycles. The van der Waals surface area contributed by atoms with Crippen molar-refractivity contribution < 1.29 is 9.59 Å². The number of benzene rings is 1. The van der Waals surface area contributed by atoms with E-state index in [0.717, 1.165) is 11.3 Å².